The van der Waals surface area contributed by atoms with Crippen LogP contribution >= 0.6 is 0 Å². The van der Waals surface area contributed by atoms with E-state index in [1.165, 1.54) is 0 Å². The van der Waals surface area contributed by atoms with Crippen molar-refractivity contribution >= 4 is 5.97 Å². The highest BCUT2D eigenvalue weighted by atomic mass is 16.6. The summed E-state index contributed by atoms with van der Waals surface area (Å²) in [6.07, 6.45) is 0.881. The summed E-state index contributed by atoms with van der Waals surface area (Å²) in [6.45, 7) is 8.33. The van der Waals surface area contributed by atoms with Crippen LogP contribution in [0.25, 0.3) is 0 Å². The van der Waals surface area contributed by atoms with Gasteiger partial charge in [-0.15, -0.1) is 0 Å². The predicted molar refractivity (Wildman–Crippen MR) is 65.6 cm³/mol. The monoisotopic (exact) mass is 239 g/mol. The Kier molecular flexibility index (Phi) is 4.75. The summed E-state index contributed by atoms with van der Waals surface area (Å²) in [5, 5.41) is 2.99. The van der Waals surface area contributed by atoms with E-state index >= 15 is 0 Å². The van der Waals surface area contributed by atoms with Crippen molar-refractivity contribution in [2.45, 2.75) is 46.3 Å². The number of rotatable bonds is 5. The van der Waals surface area contributed by atoms with Crippen LogP contribution in [-0.4, -0.2) is 18.1 Å². The molecule has 0 unspecified atom stereocenters. The van der Waals surface area contributed by atoms with Crippen LogP contribution in [0, 0.1) is 0 Å². The van der Waals surface area contributed by atoms with E-state index in [0.717, 1.165) is 17.9 Å². The van der Waals surface area contributed by atoms with Gasteiger partial charge in [-0.3, -0.25) is 10.1 Å². The van der Waals surface area contributed by atoms with Crippen LogP contribution in [0.1, 0.15) is 39.2 Å². The Bertz CT molecular complexity index is 363. The molecule has 1 heterocycles. The first-order valence-corrected chi connectivity index (χ1v) is 5.91. The van der Waals surface area contributed by atoms with Crippen molar-refractivity contribution in [3.63, 3.8) is 0 Å². The molecule has 0 fully saturated rings. The van der Waals surface area contributed by atoms with E-state index in [-0.39, 0.29) is 12.5 Å². The number of esters is 1. The van der Waals surface area contributed by atoms with Gasteiger partial charge in [-0.1, -0.05) is 6.92 Å². The van der Waals surface area contributed by atoms with Crippen molar-refractivity contribution < 1.29 is 13.9 Å². The van der Waals surface area contributed by atoms with Crippen LogP contribution in [-0.2, 0) is 22.5 Å². The van der Waals surface area contributed by atoms with Gasteiger partial charge in [0.1, 0.15) is 17.1 Å². The minimum atomic E-state index is -0.432. The number of carbonyl (C=O) groups excluding carboxylic acids is 1. The van der Waals surface area contributed by atoms with Crippen LogP contribution in [0.5, 0.6) is 0 Å². The zero-order valence-corrected chi connectivity index (χ0v) is 11.0. The average Bonchev–Trinajstić information content (AvgIpc) is 2.63. The lowest BCUT2D eigenvalue weighted by Gasteiger charge is -2.19. The molecule has 0 aromatic carbocycles. The summed E-state index contributed by atoms with van der Waals surface area (Å²) in [6, 6.07) is 3.87. The van der Waals surface area contributed by atoms with Crippen molar-refractivity contribution in [2.24, 2.45) is 0 Å². The standard InChI is InChI=1S/C13H21NO3/c1-5-10-6-7-11(16-10)8-14-9-12(15)17-13(2,3)4/h6-7,14H,5,8-9H2,1-4H3. The van der Waals surface area contributed by atoms with Gasteiger partial charge in [0, 0.05) is 6.42 Å². The third-order valence-electron chi connectivity index (χ3n) is 2.05. The number of hydrogen-bond acceptors (Lipinski definition) is 4. The Morgan fingerprint density at radius 1 is 1.35 bits per heavy atom. The van der Waals surface area contributed by atoms with Crippen LogP contribution in [0.4, 0.5) is 0 Å². The minimum absolute atomic E-state index is 0.194. The van der Waals surface area contributed by atoms with Gasteiger partial charge in [0.15, 0.2) is 0 Å². The molecule has 17 heavy (non-hydrogen) atoms. The molecule has 0 spiro atoms. The van der Waals surface area contributed by atoms with E-state index in [9.17, 15) is 4.79 Å². The van der Waals surface area contributed by atoms with Crippen LogP contribution < -0.4 is 5.32 Å². The SMILES string of the molecule is CCc1ccc(CNCC(=O)OC(C)(C)C)o1. The van der Waals surface area contributed by atoms with Crippen LogP contribution in [0.15, 0.2) is 16.5 Å². The van der Waals surface area contributed by atoms with Gasteiger partial charge < -0.3 is 9.15 Å². The zero-order chi connectivity index (χ0) is 12.9. The normalized spacial score (nSPS) is 11.5. The quantitative estimate of drug-likeness (QED) is 0.801. The summed E-state index contributed by atoms with van der Waals surface area (Å²) in [7, 11) is 0. The average molecular weight is 239 g/mol. The third-order valence-corrected chi connectivity index (χ3v) is 2.05. The molecule has 1 aromatic rings. The minimum Gasteiger partial charge on any atom is -0.465 e. The molecule has 0 aliphatic heterocycles. The summed E-state index contributed by atoms with van der Waals surface area (Å²) in [5.41, 5.74) is -0.432. The van der Waals surface area contributed by atoms with Crippen molar-refractivity contribution in [2.75, 3.05) is 6.54 Å². The Labute approximate surface area is 102 Å². The molecule has 96 valence electrons. The lowest BCUT2D eigenvalue weighted by Crippen LogP contribution is -2.31. The lowest BCUT2D eigenvalue weighted by atomic mass is 10.2. The fourth-order valence-electron chi connectivity index (χ4n) is 1.37. The molecule has 4 heteroatoms. The lowest BCUT2D eigenvalue weighted by molar-refractivity contribution is -0.153. The fourth-order valence-corrected chi connectivity index (χ4v) is 1.37. The number of furan rings is 1. The van der Waals surface area contributed by atoms with E-state index < -0.39 is 5.60 Å². The van der Waals surface area contributed by atoms with Crippen LogP contribution in [0.3, 0.4) is 0 Å². The highest BCUT2D eigenvalue weighted by Gasteiger charge is 2.15. The third kappa shape index (κ3) is 5.54. The Morgan fingerprint density at radius 3 is 2.53 bits per heavy atom. The fraction of sp³-hybridized carbons (Fsp3) is 0.615. The van der Waals surface area contributed by atoms with Gasteiger partial charge in [0.05, 0.1) is 13.1 Å². The predicted octanol–water partition coefficient (Wildman–Crippen LogP) is 2.27. The molecule has 0 amide bonds. The molecule has 1 aromatic heterocycles. The van der Waals surface area contributed by atoms with Crippen molar-refractivity contribution in [1.29, 1.82) is 0 Å². The highest BCUT2D eigenvalue weighted by Crippen LogP contribution is 2.08. The molecule has 0 atom stereocenters. The molecule has 0 bridgehead atoms. The van der Waals surface area contributed by atoms with Crippen molar-refractivity contribution in [3.8, 4) is 0 Å². The number of ether oxygens (including phenoxy) is 1. The first-order valence-electron chi connectivity index (χ1n) is 5.91. The second-order valence-corrected chi connectivity index (χ2v) is 4.91. The van der Waals surface area contributed by atoms with Gasteiger partial charge in [-0.25, -0.2) is 0 Å². The van der Waals surface area contributed by atoms with Crippen LogP contribution in [0.2, 0.25) is 0 Å². The zero-order valence-electron chi connectivity index (χ0n) is 11.0. The second kappa shape index (κ2) is 5.87. The molecule has 0 saturated heterocycles. The molecule has 0 aliphatic rings. The summed E-state index contributed by atoms with van der Waals surface area (Å²) >= 11 is 0. The molecule has 0 aliphatic carbocycles. The first kappa shape index (κ1) is 13.8. The van der Waals surface area contributed by atoms with Crippen molar-refractivity contribution in [3.05, 3.63) is 23.7 Å². The molecular weight excluding hydrogens is 218 g/mol. The van der Waals surface area contributed by atoms with Gasteiger partial charge in [-0.05, 0) is 32.9 Å². The summed E-state index contributed by atoms with van der Waals surface area (Å²) in [4.78, 5) is 11.4. The molecule has 0 radical (unpaired) electrons. The Morgan fingerprint density at radius 2 is 2.00 bits per heavy atom. The van der Waals surface area contributed by atoms with Gasteiger partial charge >= 0.3 is 5.97 Å². The van der Waals surface area contributed by atoms with Gasteiger partial charge in [-0.2, -0.15) is 0 Å². The van der Waals surface area contributed by atoms with E-state index in [1.807, 2.05) is 39.8 Å². The van der Waals surface area contributed by atoms with E-state index in [0.29, 0.717) is 6.54 Å². The molecule has 0 saturated carbocycles. The maximum atomic E-state index is 11.4. The maximum Gasteiger partial charge on any atom is 0.320 e. The van der Waals surface area contributed by atoms with E-state index in [4.69, 9.17) is 9.15 Å². The Balaban J connectivity index is 2.26. The summed E-state index contributed by atoms with van der Waals surface area (Å²) < 4.78 is 10.7. The maximum absolute atomic E-state index is 11.4. The number of carbonyl (C=O) groups is 1. The summed E-state index contributed by atoms with van der Waals surface area (Å²) in [5.74, 6) is 1.55. The number of hydrogen-bond donors (Lipinski definition) is 1. The Hall–Kier alpha value is -1.29. The first-order chi connectivity index (χ1) is 7.90. The van der Waals surface area contributed by atoms with Gasteiger partial charge in [0.25, 0.3) is 0 Å². The molecule has 1 rings (SSSR count). The second-order valence-electron chi connectivity index (χ2n) is 4.91. The molecule has 4 nitrogen and oxygen atoms in total. The number of aryl methyl sites for hydroxylation is 1. The van der Waals surface area contributed by atoms with Crippen molar-refractivity contribution in [1.82, 2.24) is 5.32 Å². The van der Waals surface area contributed by atoms with Gasteiger partial charge in [0.2, 0.25) is 0 Å². The largest absolute Gasteiger partial charge is 0.465 e. The molecule has 1 N–H and O–H groups in total. The number of nitrogens with one attached hydrogen (secondary N) is 1. The highest BCUT2D eigenvalue weighted by molar-refractivity contribution is 5.72. The molecular formula is C13H21NO3. The van der Waals surface area contributed by atoms with E-state index in [2.05, 4.69) is 5.32 Å². The van der Waals surface area contributed by atoms with E-state index in [1.54, 1.807) is 0 Å². The topological polar surface area (TPSA) is 51.5 Å². The smallest absolute Gasteiger partial charge is 0.320 e.